The van der Waals surface area contributed by atoms with Crippen molar-refractivity contribution < 1.29 is 19.0 Å². The molecule has 0 atom stereocenters. The van der Waals surface area contributed by atoms with Gasteiger partial charge in [-0.05, 0) is 46.3 Å². The van der Waals surface area contributed by atoms with Crippen molar-refractivity contribution in [3.8, 4) is 28.5 Å². The number of hydrogen-bond acceptors (Lipinski definition) is 7. The molecule has 0 aliphatic rings. The van der Waals surface area contributed by atoms with E-state index in [9.17, 15) is 5.11 Å². The number of nitrogens with zero attached hydrogens (tertiary/aromatic N) is 4. The Morgan fingerprint density at radius 1 is 1.11 bits per heavy atom. The molecule has 10 heteroatoms. The van der Waals surface area contributed by atoms with Crippen LogP contribution in [0.5, 0.6) is 17.2 Å². The number of halogens is 2. The molecular formula is C25H29ClFN5O3. The number of fused-ring (bicyclic) bond motifs is 3. The molecular weight excluding hydrogens is 473 g/mol. The maximum atomic E-state index is 16.0. The summed E-state index contributed by atoms with van der Waals surface area (Å²) in [6.45, 7) is 4.52. The van der Waals surface area contributed by atoms with Crippen LogP contribution in [0.4, 0.5) is 4.39 Å². The fourth-order valence-corrected chi connectivity index (χ4v) is 4.19. The Morgan fingerprint density at radius 2 is 1.89 bits per heavy atom. The number of ether oxygens (including phenoxy) is 2. The first-order chi connectivity index (χ1) is 16.7. The van der Waals surface area contributed by atoms with Crippen LogP contribution in [0.1, 0.15) is 5.56 Å². The summed E-state index contributed by atoms with van der Waals surface area (Å²) in [5.41, 5.74) is 1.69. The third-order valence-corrected chi connectivity index (χ3v) is 6.30. The fraction of sp³-hybridized carbons (Fsp3) is 0.360. The van der Waals surface area contributed by atoms with Gasteiger partial charge in [0.1, 0.15) is 18.2 Å². The summed E-state index contributed by atoms with van der Waals surface area (Å²) in [6, 6.07) is 4.64. The lowest BCUT2D eigenvalue weighted by Crippen LogP contribution is -2.31. The highest BCUT2D eigenvalue weighted by Crippen LogP contribution is 2.46. The molecule has 0 fully saturated rings. The summed E-state index contributed by atoms with van der Waals surface area (Å²) in [4.78, 5) is 8.90. The number of aromatic amines is 1. The number of phenols is 1. The van der Waals surface area contributed by atoms with Crippen LogP contribution < -0.4 is 9.47 Å². The number of benzene rings is 2. The van der Waals surface area contributed by atoms with E-state index in [1.54, 1.807) is 25.3 Å². The number of phenolic OH excluding ortho intramolecular Hbond substituents is 1. The molecule has 35 heavy (non-hydrogen) atoms. The maximum absolute atomic E-state index is 16.0. The molecule has 0 amide bonds. The summed E-state index contributed by atoms with van der Waals surface area (Å²) in [5.74, 6) is 0.228. The van der Waals surface area contributed by atoms with E-state index in [1.807, 2.05) is 21.1 Å². The average Bonchev–Trinajstić information content (AvgIpc) is 3.30. The Balaban J connectivity index is 1.84. The number of hydrogen-bond donors (Lipinski definition) is 2. The third-order valence-electron chi connectivity index (χ3n) is 6.00. The van der Waals surface area contributed by atoms with Gasteiger partial charge in [-0.2, -0.15) is 5.10 Å². The zero-order valence-corrected chi connectivity index (χ0v) is 21.2. The van der Waals surface area contributed by atoms with Crippen molar-refractivity contribution in [2.45, 2.75) is 6.92 Å². The minimum absolute atomic E-state index is 0.0668. The number of aromatic hydroxyl groups is 1. The molecule has 0 aliphatic carbocycles. The molecule has 0 saturated carbocycles. The van der Waals surface area contributed by atoms with E-state index in [0.29, 0.717) is 57.9 Å². The summed E-state index contributed by atoms with van der Waals surface area (Å²) in [5, 5.41) is 18.4. The zero-order chi connectivity index (χ0) is 25.3. The molecule has 0 saturated heterocycles. The fourth-order valence-electron chi connectivity index (χ4n) is 4.01. The molecule has 0 spiro atoms. The Kier molecular flexibility index (Phi) is 7.30. The second-order valence-corrected chi connectivity index (χ2v) is 9.17. The van der Waals surface area contributed by atoms with E-state index in [1.165, 1.54) is 13.2 Å². The highest BCUT2D eigenvalue weighted by molar-refractivity contribution is 6.32. The van der Waals surface area contributed by atoms with Gasteiger partial charge in [-0.1, -0.05) is 11.6 Å². The van der Waals surface area contributed by atoms with Crippen LogP contribution in [-0.2, 0) is 0 Å². The number of rotatable bonds is 9. The van der Waals surface area contributed by atoms with Crippen molar-refractivity contribution in [1.82, 2.24) is 25.0 Å². The Bertz CT molecular complexity index is 1370. The monoisotopic (exact) mass is 501 g/mol. The molecule has 4 aromatic rings. The lowest BCUT2D eigenvalue weighted by molar-refractivity contribution is 0.216. The maximum Gasteiger partial charge on any atom is 0.169 e. The van der Waals surface area contributed by atoms with Gasteiger partial charge in [-0.3, -0.25) is 5.10 Å². The van der Waals surface area contributed by atoms with Gasteiger partial charge in [0, 0.05) is 41.5 Å². The van der Waals surface area contributed by atoms with Crippen molar-refractivity contribution >= 4 is 33.4 Å². The van der Waals surface area contributed by atoms with Crippen molar-refractivity contribution in [1.29, 1.82) is 0 Å². The molecule has 2 N–H and O–H groups in total. The first kappa shape index (κ1) is 25.0. The van der Waals surface area contributed by atoms with Crippen LogP contribution in [0.15, 0.2) is 24.4 Å². The van der Waals surface area contributed by atoms with Gasteiger partial charge in [0.25, 0.3) is 0 Å². The molecule has 2 heterocycles. The molecule has 0 aliphatic heterocycles. The van der Waals surface area contributed by atoms with Gasteiger partial charge in [0.05, 0.1) is 29.4 Å². The van der Waals surface area contributed by atoms with Gasteiger partial charge in [0.15, 0.2) is 17.1 Å². The molecule has 2 aromatic heterocycles. The van der Waals surface area contributed by atoms with E-state index in [2.05, 4.69) is 25.0 Å². The normalized spacial score (nSPS) is 11.8. The molecule has 0 unspecified atom stereocenters. The average molecular weight is 502 g/mol. The van der Waals surface area contributed by atoms with Crippen molar-refractivity contribution in [3.05, 3.63) is 40.8 Å². The SMILES string of the molecule is COc1c(OCCN(C)CCN(C)C)c(C)c(F)c2c(-c3ccc(O)c(Cl)c3)nc3[nH]ncc3c12. The number of nitrogens with one attached hydrogen (secondary N) is 1. The highest BCUT2D eigenvalue weighted by atomic mass is 35.5. The number of likely N-dealkylation sites (N-methyl/N-ethyl adjacent to an activating group) is 2. The lowest BCUT2D eigenvalue weighted by Gasteiger charge is -2.22. The minimum atomic E-state index is -0.466. The Morgan fingerprint density at radius 3 is 2.57 bits per heavy atom. The van der Waals surface area contributed by atoms with Crippen LogP contribution >= 0.6 is 11.6 Å². The minimum Gasteiger partial charge on any atom is -0.506 e. The number of methoxy groups -OCH3 is 1. The summed E-state index contributed by atoms with van der Waals surface area (Å²) in [7, 11) is 7.61. The molecule has 0 radical (unpaired) electrons. The van der Waals surface area contributed by atoms with Crippen LogP contribution in [0.3, 0.4) is 0 Å². The first-order valence-corrected chi connectivity index (χ1v) is 11.6. The Labute approximate surface area is 208 Å². The highest BCUT2D eigenvalue weighted by Gasteiger charge is 2.26. The third kappa shape index (κ3) is 4.84. The first-order valence-electron chi connectivity index (χ1n) is 11.2. The van der Waals surface area contributed by atoms with Crippen LogP contribution in [0.2, 0.25) is 5.02 Å². The van der Waals surface area contributed by atoms with Crippen LogP contribution in [-0.4, -0.2) is 84.6 Å². The molecule has 186 valence electrons. The summed E-state index contributed by atoms with van der Waals surface area (Å²) < 4.78 is 27.9. The number of aromatic nitrogens is 3. The van der Waals surface area contributed by atoms with E-state index >= 15 is 4.39 Å². The predicted octanol–water partition coefficient (Wildman–Crippen LogP) is 4.47. The predicted molar refractivity (Wildman–Crippen MR) is 136 cm³/mol. The smallest absolute Gasteiger partial charge is 0.169 e. The standard InChI is InChI=1S/C25H29ClFN5O3/c1-14-21(27)20-19(24(34-5)23(14)35-11-10-32(4)9-8-31(2)3)16-13-28-30-25(16)29-22(20)15-6-7-18(33)17(26)12-15/h6-7,12-13,33H,8-11H2,1-5H3,(H,28,29,30). The summed E-state index contributed by atoms with van der Waals surface area (Å²) >= 11 is 6.15. The molecule has 4 rings (SSSR count). The van der Waals surface area contributed by atoms with E-state index in [-0.39, 0.29) is 16.2 Å². The zero-order valence-electron chi connectivity index (χ0n) is 20.4. The lowest BCUT2D eigenvalue weighted by atomic mass is 9.97. The van der Waals surface area contributed by atoms with E-state index in [0.717, 1.165) is 13.1 Å². The van der Waals surface area contributed by atoms with Crippen LogP contribution in [0.25, 0.3) is 33.1 Å². The van der Waals surface area contributed by atoms with Gasteiger partial charge in [-0.15, -0.1) is 0 Å². The van der Waals surface area contributed by atoms with E-state index < -0.39 is 5.82 Å². The Hall–Kier alpha value is -3.14. The van der Waals surface area contributed by atoms with Crippen LogP contribution in [0, 0.1) is 12.7 Å². The topological polar surface area (TPSA) is 86.7 Å². The number of pyridine rings is 1. The van der Waals surface area contributed by atoms with Crippen molar-refractivity contribution in [2.24, 2.45) is 0 Å². The molecule has 2 aromatic carbocycles. The quantitative estimate of drug-likeness (QED) is 0.350. The largest absolute Gasteiger partial charge is 0.506 e. The van der Waals surface area contributed by atoms with Gasteiger partial charge in [0.2, 0.25) is 0 Å². The van der Waals surface area contributed by atoms with Gasteiger partial charge in [-0.25, -0.2) is 9.37 Å². The van der Waals surface area contributed by atoms with Gasteiger partial charge >= 0.3 is 0 Å². The number of H-pyrrole nitrogens is 1. The second-order valence-electron chi connectivity index (χ2n) is 8.77. The van der Waals surface area contributed by atoms with Gasteiger partial charge < -0.3 is 24.4 Å². The molecule has 0 bridgehead atoms. The van der Waals surface area contributed by atoms with Crippen molar-refractivity contribution in [2.75, 3.05) is 54.5 Å². The van der Waals surface area contributed by atoms with E-state index in [4.69, 9.17) is 21.1 Å². The summed E-state index contributed by atoms with van der Waals surface area (Å²) in [6.07, 6.45) is 1.59. The second kappa shape index (κ2) is 10.2. The van der Waals surface area contributed by atoms with Crippen molar-refractivity contribution in [3.63, 3.8) is 0 Å². The molecule has 8 nitrogen and oxygen atoms in total.